The van der Waals surface area contributed by atoms with Crippen molar-refractivity contribution in [2.45, 2.75) is 45.7 Å². The summed E-state index contributed by atoms with van der Waals surface area (Å²) >= 11 is 12.9. The summed E-state index contributed by atoms with van der Waals surface area (Å²) in [7, 11) is 0. The normalized spacial score (nSPS) is 20.3. The highest BCUT2D eigenvalue weighted by atomic mass is 35.5. The van der Waals surface area contributed by atoms with Gasteiger partial charge in [0.2, 0.25) is 0 Å². The molecule has 2 atom stereocenters. The third kappa shape index (κ3) is 4.33. The van der Waals surface area contributed by atoms with Gasteiger partial charge < -0.3 is 15.1 Å². The fourth-order valence-corrected chi connectivity index (χ4v) is 6.47. The first-order valence-corrected chi connectivity index (χ1v) is 13.8. The van der Waals surface area contributed by atoms with Gasteiger partial charge in [0.05, 0.1) is 28.5 Å². The quantitative estimate of drug-likeness (QED) is 0.333. The van der Waals surface area contributed by atoms with E-state index in [1.54, 1.807) is 12.7 Å². The molecule has 6 rings (SSSR count). The van der Waals surface area contributed by atoms with Crippen molar-refractivity contribution < 1.29 is 0 Å². The Morgan fingerprint density at radius 3 is 2.47 bits per heavy atom. The van der Waals surface area contributed by atoms with Gasteiger partial charge in [-0.2, -0.15) is 0 Å². The van der Waals surface area contributed by atoms with Gasteiger partial charge in [-0.3, -0.25) is 9.66 Å². The van der Waals surface area contributed by atoms with E-state index in [1.165, 1.54) is 12.8 Å². The van der Waals surface area contributed by atoms with Crippen molar-refractivity contribution in [2.24, 2.45) is 5.92 Å². The molecule has 1 aromatic carbocycles. The Morgan fingerprint density at radius 1 is 1.03 bits per heavy atom. The predicted molar refractivity (Wildman–Crippen MR) is 155 cm³/mol. The minimum absolute atomic E-state index is 0.133. The van der Waals surface area contributed by atoms with Crippen molar-refractivity contribution in [1.29, 1.82) is 0 Å². The van der Waals surface area contributed by atoms with E-state index >= 15 is 0 Å². The van der Waals surface area contributed by atoms with E-state index in [2.05, 4.69) is 75.0 Å². The molecule has 38 heavy (non-hydrogen) atoms. The molecule has 2 aliphatic rings. The Kier molecular flexibility index (Phi) is 6.57. The number of nitrogens with zero attached hydrogens (tertiary/aromatic N) is 7. The molecule has 0 unspecified atom stereocenters. The summed E-state index contributed by atoms with van der Waals surface area (Å²) in [6, 6.07) is 14.3. The van der Waals surface area contributed by atoms with Crippen LogP contribution in [0.3, 0.4) is 0 Å². The van der Waals surface area contributed by atoms with E-state index in [0.29, 0.717) is 5.11 Å². The highest BCUT2D eigenvalue weighted by molar-refractivity contribution is 7.80. The van der Waals surface area contributed by atoms with Gasteiger partial charge in [0.25, 0.3) is 0 Å². The minimum Gasteiger partial charge on any atom is -0.370 e. The highest BCUT2D eigenvalue weighted by Crippen LogP contribution is 2.44. The second-order valence-electron chi connectivity index (χ2n) is 10.3. The fraction of sp³-hybridized carbons (Fsp3) is 0.357. The summed E-state index contributed by atoms with van der Waals surface area (Å²) in [5.41, 5.74) is 6.27. The molecule has 8 nitrogen and oxygen atoms in total. The molecule has 196 valence electrons. The molecule has 3 aromatic heterocycles. The van der Waals surface area contributed by atoms with E-state index in [0.717, 1.165) is 58.1 Å². The SMILES string of the molecule is Cc1cc([C@H]2[C@@H](c3ccccn3)NC(=S)N2c2ccc(N3CCC(C)CC3)c(Cl)c2)c(C)n1-n1cnnc1. The number of piperidine rings is 1. The number of aryl methyl sites for hydroxylation is 1. The Bertz CT molecular complexity index is 1440. The molecule has 5 heterocycles. The maximum atomic E-state index is 6.93. The molecular formula is C28H31ClN8S. The lowest BCUT2D eigenvalue weighted by Crippen LogP contribution is -2.33. The smallest absolute Gasteiger partial charge is 0.174 e. The Hall–Kier alpha value is -3.43. The highest BCUT2D eigenvalue weighted by Gasteiger charge is 2.42. The van der Waals surface area contributed by atoms with Crippen LogP contribution in [-0.2, 0) is 0 Å². The molecule has 4 aromatic rings. The molecule has 0 bridgehead atoms. The summed E-state index contributed by atoms with van der Waals surface area (Å²) < 4.78 is 4.00. The van der Waals surface area contributed by atoms with Crippen molar-refractivity contribution in [3.05, 3.63) is 89.0 Å². The Balaban J connectivity index is 1.43. The van der Waals surface area contributed by atoms with Gasteiger partial charge >= 0.3 is 0 Å². The summed E-state index contributed by atoms with van der Waals surface area (Å²) in [5, 5.41) is 13.0. The van der Waals surface area contributed by atoms with Gasteiger partial charge in [0, 0.05) is 41.9 Å². The second kappa shape index (κ2) is 10.0. The number of rotatable bonds is 5. The first kappa shape index (κ1) is 24.9. The molecule has 0 radical (unpaired) electrons. The molecule has 10 heteroatoms. The van der Waals surface area contributed by atoms with Gasteiger partial charge in [0.15, 0.2) is 5.11 Å². The molecule has 2 saturated heterocycles. The lowest BCUT2D eigenvalue weighted by molar-refractivity contribution is 0.438. The number of anilines is 2. The van der Waals surface area contributed by atoms with Crippen LogP contribution in [0.4, 0.5) is 11.4 Å². The van der Waals surface area contributed by atoms with Crippen LogP contribution in [-0.4, -0.2) is 42.7 Å². The third-order valence-electron chi connectivity index (χ3n) is 7.82. The Morgan fingerprint density at radius 2 is 1.79 bits per heavy atom. The van der Waals surface area contributed by atoms with Crippen LogP contribution < -0.4 is 15.1 Å². The minimum atomic E-state index is -0.138. The lowest BCUT2D eigenvalue weighted by atomic mass is 9.96. The van der Waals surface area contributed by atoms with Gasteiger partial charge in [-0.1, -0.05) is 24.6 Å². The topological polar surface area (TPSA) is 67.0 Å². The van der Waals surface area contributed by atoms with Crippen molar-refractivity contribution in [1.82, 2.24) is 29.9 Å². The third-order valence-corrected chi connectivity index (χ3v) is 8.44. The monoisotopic (exact) mass is 546 g/mol. The van der Waals surface area contributed by atoms with E-state index < -0.39 is 0 Å². The molecule has 0 saturated carbocycles. The molecule has 2 aliphatic heterocycles. The summed E-state index contributed by atoms with van der Waals surface area (Å²) in [5.74, 6) is 0.763. The summed E-state index contributed by atoms with van der Waals surface area (Å²) in [4.78, 5) is 9.27. The van der Waals surface area contributed by atoms with Crippen LogP contribution in [0.25, 0.3) is 0 Å². The molecule has 2 fully saturated rings. The Labute approximate surface area is 233 Å². The summed E-state index contributed by atoms with van der Waals surface area (Å²) in [6.07, 6.45) is 7.61. The second-order valence-corrected chi connectivity index (χ2v) is 11.1. The number of thiocarbonyl (C=S) groups is 1. The van der Waals surface area contributed by atoms with E-state index in [9.17, 15) is 0 Å². The summed E-state index contributed by atoms with van der Waals surface area (Å²) in [6.45, 7) is 8.59. The van der Waals surface area contributed by atoms with E-state index in [4.69, 9.17) is 28.8 Å². The molecular weight excluding hydrogens is 516 g/mol. The van der Waals surface area contributed by atoms with Crippen LogP contribution in [0.2, 0.25) is 5.02 Å². The maximum Gasteiger partial charge on any atom is 0.174 e. The standard InChI is InChI=1S/C28H31ClN8S/c1-18-9-12-34(13-10-18)25-8-7-21(15-23(25)29)36-27(26(33-28(36)38)24-6-4-5-11-30-24)22-14-19(2)37(20(22)3)35-16-31-32-17-35/h4-8,11,14-18,26-27H,9-10,12-13H2,1-3H3,(H,33,38)/t26-,27+/m1/s1. The number of hydrogen-bond donors (Lipinski definition) is 1. The van der Waals surface area contributed by atoms with Crippen LogP contribution in [0.15, 0.2) is 61.3 Å². The molecule has 0 amide bonds. The predicted octanol–water partition coefficient (Wildman–Crippen LogP) is 5.47. The van der Waals surface area contributed by atoms with Crippen LogP contribution in [0, 0.1) is 19.8 Å². The molecule has 1 N–H and O–H groups in total. The number of halogens is 1. The van der Waals surface area contributed by atoms with Gasteiger partial charge in [-0.15, -0.1) is 10.2 Å². The number of benzene rings is 1. The zero-order valence-electron chi connectivity index (χ0n) is 21.8. The number of nitrogens with one attached hydrogen (secondary N) is 1. The van der Waals surface area contributed by atoms with Gasteiger partial charge in [0.1, 0.15) is 12.7 Å². The number of aromatic nitrogens is 5. The zero-order chi connectivity index (χ0) is 26.4. The fourth-order valence-electron chi connectivity index (χ4n) is 5.83. The zero-order valence-corrected chi connectivity index (χ0v) is 23.3. The van der Waals surface area contributed by atoms with Crippen molar-refractivity contribution in [3.8, 4) is 0 Å². The largest absolute Gasteiger partial charge is 0.370 e. The van der Waals surface area contributed by atoms with Crippen LogP contribution in [0.1, 0.15) is 54.5 Å². The molecule has 0 spiro atoms. The number of hydrogen-bond acceptors (Lipinski definition) is 5. The van der Waals surface area contributed by atoms with Crippen molar-refractivity contribution in [2.75, 3.05) is 22.9 Å². The van der Waals surface area contributed by atoms with Crippen molar-refractivity contribution >= 4 is 40.3 Å². The van der Waals surface area contributed by atoms with Gasteiger partial charge in [-0.25, -0.2) is 4.68 Å². The first-order valence-electron chi connectivity index (χ1n) is 13.0. The average Bonchev–Trinajstić information content (AvgIpc) is 3.63. The lowest BCUT2D eigenvalue weighted by Gasteiger charge is -2.33. The maximum absolute atomic E-state index is 6.93. The van der Waals surface area contributed by atoms with Crippen LogP contribution >= 0.6 is 23.8 Å². The molecule has 0 aliphatic carbocycles. The van der Waals surface area contributed by atoms with Crippen LogP contribution in [0.5, 0.6) is 0 Å². The number of pyridine rings is 1. The van der Waals surface area contributed by atoms with E-state index in [-0.39, 0.29) is 12.1 Å². The first-order chi connectivity index (χ1) is 18.4. The van der Waals surface area contributed by atoms with Gasteiger partial charge in [-0.05, 0) is 81.2 Å². The van der Waals surface area contributed by atoms with Crippen molar-refractivity contribution in [3.63, 3.8) is 0 Å². The van der Waals surface area contributed by atoms with E-state index in [1.807, 2.05) is 29.1 Å². The average molecular weight is 547 g/mol.